The zero-order chi connectivity index (χ0) is 17.5. The number of carbonyl (C=O) groups is 2. The quantitative estimate of drug-likeness (QED) is 0.791. The van der Waals surface area contributed by atoms with E-state index >= 15 is 0 Å². The topological polar surface area (TPSA) is 66.4 Å². The Bertz CT molecular complexity index is 703. The fraction of sp³-hybridized carbons (Fsp3) is 0.263. The number of carboxylic acid groups (broad SMARTS) is 1. The van der Waals surface area contributed by atoms with E-state index in [0.717, 1.165) is 11.1 Å². The molecule has 5 heteroatoms. The van der Waals surface area contributed by atoms with Crippen molar-refractivity contribution in [2.24, 2.45) is 0 Å². The Kier molecular flexibility index (Phi) is 6.38. The second-order valence-corrected chi connectivity index (χ2v) is 6.12. The Labute approximate surface area is 146 Å². The average Bonchev–Trinajstić information content (AvgIpc) is 2.58. The van der Waals surface area contributed by atoms with Gasteiger partial charge in [-0.2, -0.15) is 0 Å². The highest BCUT2D eigenvalue weighted by Crippen LogP contribution is 2.23. The van der Waals surface area contributed by atoms with Crippen molar-refractivity contribution in [1.82, 2.24) is 5.32 Å². The van der Waals surface area contributed by atoms with E-state index in [-0.39, 0.29) is 24.3 Å². The molecule has 1 amide bonds. The second-order valence-electron chi connectivity index (χ2n) is 5.68. The number of rotatable bonds is 7. The lowest BCUT2D eigenvalue weighted by Crippen LogP contribution is -2.32. The van der Waals surface area contributed by atoms with Crippen LogP contribution >= 0.6 is 11.6 Å². The number of carboxylic acids is 1. The van der Waals surface area contributed by atoms with Gasteiger partial charge in [-0.25, -0.2) is 0 Å². The first kappa shape index (κ1) is 18.0. The zero-order valence-electron chi connectivity index (χ0n) is 13.4. The van der Waals surface area contributed by atoms with Crippen molar-refractivity contribution in [1.29, 1.82) is 0 Å². The maximum absolute atomic E-state index is 12.6. The van der Waals surface area contributed by atoms with Gasteiger partial charge in [0.2, 0.25) is 5.91 Å². The Hall–Kier alpha value is -2.33. The summed E-state index contributed by atoms with van der Waals surface area (Å²) in [5, 5.41) is 12.5. The number of benzene rings is 2. The molecule has 2 unspecified atom stereocenters. The van der Waals surface area contributed by atoms with Crippen molar-refractivity contribution in [2.45, 2.75) is 31.7 Å². The number of hydrogen-bond donors (Lipinski definition) is 2. The van der Waals surface area contributed by atoms with E-state index in [9.17, 15) is 9.59 Å². The minimum atomic E-state index is -0.881. The Morgan fingerprint density at radius 2 is 1.75 bits per heavy atom. The van der Waals surface area contributed by atoms with Gasteiger partial charge < -0.3 is 10.4 Å². The fourth-order valence-electron chi connectivity index (χ4n) is 2.50. The van der Waals surface area contributed by atoms with E-state index < -0.39 is 5.97 Å². The molecule has 0 bridgehead atoms. The van der Waals surface area contributed by atoms with Crippen LogP contribution in [0.2, 0.25) is 5.02 Å². The first-order chi connectivity index (χ1) is 11.5. The molecule has 0 aliphatic carbocycles. The van der Waals surface area contributed by atoms with Gasteiger partial charge >= 0.3 is 5.97 Å². The van der Waals surface area contributed by atoms with Crippen molar-refractivity contribution in [3.05, 3.63) is 70.7 Å². The van der Waals surface area contributed by atoms with E-state index in [1.165, 1.54) is 0 Å². The van der Waals surface area contributed by atoms with Crippen LogP contribution in [0.15, 0.2) is 54.6 Å². The standard InChI is InChI=1S/C19H20ClNO3/c1-13(15-8-5-9-16(20)12-15)19(24)21-17(10-11-18(22)23)14-6-3-2-4-7-14/h2-9,12-13,17H,10-11H2,1H3,(H,21,24)(H,22,23). The lowest BCUT2D eigenvalue weighted by molar-refractivity contribution is -0.137. The number of aliphatic carboxylic acids is 1. The average molecular weight is 346 g/mol. The summed E-state index contributed by atoms with van der Waals surface area (Å²) in [5.74, 6) is -1.41. The van der Waals surface area contributed by atoms with Gasteiger partial charge in [0.1, 0.15) is 0 Å². The SMILES string of the molecule is CC(C(=O)NC(CCC(=O)O)c1ccccc1)c1cccc(Cl)c1. The predicted molar refractivity (Wildman–Crippen MR) is 94.1 cm³/mol. The maximum atomic E-state index is 12.6. The first-order valence-electron chi connectivity index (χ1n) is 7.80. The smallest absolute Gasteiger partial charge is 0.303 e. The summed E-state index contributed by atoms with van der Waals surface area (Å²) >= 11 is 5.98. The molecule has 0 aliphatic rings. The third-order valence-corrected chi connectivity index (χ3v) is 4.14. The molecule has 0 saturated carbocycles. The van der Waals surface area contributed by atoms with Gasteiger partial charge in [-0.3, -0.25) is 9.59 Å². The summed E-state index contributed by atoms with van der Waals surface area (Å²) in [6, 6.07) is 16.2. The Morgan fingerprint density at radius 1 is 1.08 bits per heavy atom. The normalized spacial score (nSPS) is 13.1. The van der Waals surface area contributed by atoms with Crippen molar-refractivity contribution in [3.8, 4) is 0 Å². The van der Waals surface area contributed by atoms with Gasteiger partial charge in [0.15, 0.2) is 0 Å². The molecule has 0 radical (unpaired) electrons. The largest absolute Gasteiger partial charge is 0.481 e. The van der Waals surface area contributed by atoms with Crippen molar-refractivity contribution < 1.29 is 14.7 Å². The van der Waals surface area contributed by atoms with Gasteiger partial charge in [-0.1, -0.05) is 54.1 Å². The molecule has 24 heavy (non-hydrogen) atoms. The molecule has 0 aliphatic heterocycles. The number of hydrogen-bond acceptors (Lipinski definition) is 2. The number of amides is 1. The molecule has 0 aromatic heterocycles. The van der Waals surface area contributed by atoms with E-state index in [0.29, 0.717) is 11.4 Å². The van der Waals surface area contributed by atoms with E-state index in [2.05, 4.69) is 5.32 Å². The lowest BCUT2D eigenvalue weighted by atomic mass is 9.97. The summed E-state index contributed by atoms with van der Waals surface area (Å²) in [4.78, 5) is 23.5. The number of carbonyl (C=O) groups excluding carboxylic acids is 1. The van der Waals surface area contributed by atoms with Crippen LogP contribution in [0.25, 0.3) is 0 Å². The molecule has 4 nitrogen and oxygen atoms in total. The highest BCUT2D eigenvalue weighted by molar-refractivity contribution is 6.30. The van der Waals surface area contributed by atoms with E-state index in [1.807, 2.05) is 36.4 Å². The van der Waals surface area contributed by atoms with Crippen LogP contribution in [-0.4, -0.2) is 17.0 Å². The molecule has 2 aromatic rings. The number of nitrogens with one attached hydrogen (secondary N) is 1. The Balaban J connectivity index is 2.12. The minimum absolute atomic E-state index is 0.00854. The number of halogens is 1. The molecular formula is C19H20ClNO3. The van der Waals surface area contributed by atoms with Crippen molar-refractivity contribution >= 4 is 23.5 Å². The van der Waals surface area contributed by atoms with Crippen LogP contribution in [0.3, 0.4) is 0 Å². The van der Waals surface area contributed by atoms with Gasteiger partial charge in [-0.05, 0) is 36.6 Å². The van der Waals surface area contributed by atoms with Crippen LogP contribution in [0.5, 0.6) is 0 Å². The molecule has 2 N–H and O–H groups in total. The summed E-state index contributed by atoms with van der Waals surface area (Å²) in [5.41, 5.74) is 1.72. The summed E-state index contributed by atoms with van der Waals surface area (Å²) in [6.45, 7) is 1.81. The molecule has 0 spiro atoms. The van der Waals surface area contributed by atoms with Crippen molar-refractivity contribution in [2.75, 3.05) is 0 Å². The molecule has 2 aromatic carbocycles. The van der Waals surface area contributed by atoms with Gasteiger partial charge in [0.25, 0.3) is 0 Å². The van der Waals surface area contributed by atoms with Crippen LogP contribution < -0.4 is 5.32 Å². The van der Waals surface area contributed by atoms with Crippen LogP contribution in [-0.2, 0) is 9.59 Å². The zero-order valence-corrected chi connectivity index (χ0v) is 14.2. The maximum Gasteiger partial charge on any atom is 0.303 e. The van der Waals surface area contributed by atoms with Crippen LogP contribution in [0.1, 0.15) is 42.9 Å². The molecular weight excluding hydrogens is 326 g/mol. The Morgan fingerprint density at radius 3 is 2.38 bits per heavy atom. The molecule has 0 saturated heterocycles. The highest BCUT2D eigenvalue weighted by Gasteiger charge is 2.21. The highest BCUT2D eigenvalue weighted by atomic mass is 35.5. The van der Waals surface area contributed by atoms with Gasteiger partial charge in [0, 0.05) is 11.4 Å². The first-order valence-corrected chi connectivity index (χ1v) is 8.17. The second kappa shape index (κ2) is 8.50. The summed E-state index contributed by atoms with van der Waals surface area (Å²) < 4.78 is 0. The summed E-state index contributed by atoms with van der Waals surface area (Å²) in [6.07, 6.45) is 0.332. The van der Waals surface area contributed by atoms with Crippen molar-refractivity contribution in [3.63, 3.8) is 0 Å². The lowest BCUT2D eigenvalue weighted by Gasteiger charge is -2.21. The minimum Gasteiger partial charge on any atom is -0.481 e. The van der Waals surface area contributed by atoms with E-state index in [1.54, 1.807) is 25.1 Å². The van der Waals surface area contributed by atoms with E-state index in [4.69, 9.17) is 16.7 Å². The third kappa shape index (κ3) is 5.10. The van der Waals surface area contributed by atoms with Gasteiger partial charge in [0.05, 0.1) is 12.0 Å². The molecule has 2 atom stereocenters. The molecule has 0 fully saturated rings. The van der Waals surface area contributed by atoms with Gasteiger partial charge in [-0.15, -0.1) is 0 Å². The van der Waals surface area contributed by atoms with Crippen LogP contribution in [0.4, 0.5) is 0 Å². The monoisotopic (exact) mass is 345 g/mol. The predicted octanol–water partition coefficient (Wildman–Crippen LogP) is 4.17. The van der Waals surface area contributed by atoms with Crippen LogP contribution in [0, 0.1) is 0 Å². The summed E-state index contributed by atoms with van der Waals surface area (Å²) in [7, 11) is 0. The fourth-order valence-corrected chi connectivity index (χ4v) is 2.70. The third-order valence-electron chi connectivity index (χ3n) is 3.91. The molecule has 2 rings (SSSR count). The molecule has 126 valence electrons. The molecule has 0 heterocycles.